The predicted octanol–water partition coefficient (Wildman–Crippen LogP) is 3.34. The number of rotatable bonds is 8. The van der Waals surface area contributed by atoms with Crippen molar-refractivity contribution in [2.75, 3.05) is 6.61 Å². The molecule has 0 bridgehead atoms. The number of aromatic amines is 1. The van der Waals surface area contributed by atoms with Crippen molar-refractivity contribution in [2.45, 2.75) is 50.7 Å². The number of carbonyl (C=O) groups excluding carboxylic acids is 2. The Hall–Kier alpha value is -4.58. The van der Waals surface area contributed by atoms with Gasteiger partial charge in [-0.2, -0.15) is 0 Å². The molecule has 2 heterocycles. The highest BCUT2D eigenvalue weighted by molar-refractivity contribution is 6.99. The van der Waals surface area contributed by atoms with E-state index in [-0.39, 0.29) is 18.1 Å². The number of aromatic nitrogens is 2. The van der Waals surface area contributed by atoms with E-state index in [1.54, 1.807) is 30.3 Å². The van der Waals surface area contributed by atoms with Crippen LogP contribution in [-0.4, -0.2) is 48.7 Å². The summed E-state index contributed by atoms with van der Waals surface area (Å²) in [7, 11) is -2.98. The summed E-state index contributed by atoms with van der Waals surface area (Å²) in [6.07, 6.45) is -2.04. The number of hydrogen-bond acceptors (Lipinski definition) is 7. The van der Waals surface area contributed by atoms with Crippen LogP contribution in [0.1, 0.15) is 43.8 Å². The maximum atomic E-state index is 12.9. The molecule has 1 saturated heterocycles. The topological polar surface area (TPSA) is 129 Å². The average molecular weight is 614 g/mol. The van der Waals surface area contributed by atoms with Crippen molar-refractivity contribution in [2.24, 2.45) is 0 Å². The molecular formula is C33H35N3O7Si. The summed E-state index contributed by atoms with van der Waals surface area (Å²) in [5.41, 5.74) is -0.891. The predicted molar refractivity (Wildman–Crippen MR) is 168 cm³/mol. The van der Waals surface area contributed by atoms with Crippen LogP contribution in [0.4, 0.5) is 4.79 Å². The molecule has 1 aromatic heterocycles. The molecule has 0 saturated carbocycles. The van der Waals surface area contributed by atoms with Crippen LogP contribution in [0.15, 0.2) is 113 Å². The Morgan fingerprint density at radius 2 is 1.48 bits per heavy atom. The van der Waals surface area contributed by atoms with Crippen molar-refractivity contribution >= 4 is 30.7 Å². The molecule has 3 atom stereocenters. The van der Waals surface area contributed by atoms with Crippen LogP contribution >= 0.6 is 0 Å². The van der Waals surface area contributed by atoms with Gasteiger partial charge in [0.2, 0.25) is 0 Å². The zero-order chi connectivity index (χ0) is 31.3. The van der Waals surface area contributed by atoms with Crippen molar-refractivity contribution < 1.29 is 23.5 Å². The van der Waals surface area contributed by atoms with Crippen molar-refractivity contribution in [3.8, 4) is 0 Å². The lowest BCUT2D eigenvalue weighted by Crippen LogP contribution is -2.67. The van der Waals surface area contributed by atoms with Crippen LogP contribution in [-0.2, 0) is 13.9 Å². The van der Waals surface area contributed by atoms with Crippen molar-refractivity contribution in [3.05, 3.63) is 130 Å². The summed E-state index contributed by atoms with van der Waals surface area (Å²) in [6.45, 7) is 6.47. The first-order valence-electron chi connectivity index (χ1n) is 14.4. The van der Waals surface area contributed by atoms with Crippen LogP contribution in [0.5, 0.6) is 0 Å². The molecule has 44 heavy (non-hydrogen) atoms. The second-order valence-corrected chi connectivity index (χ2v) is 15.9. The first-order valence-corrected chi connectivity index (χ1v) is 16.3. The standard InChI is InChI=1S/C33H35N3O7Si/c1-33(2,3)44(24-15-9-5-10-16-24,25-17-11-6-12-18-25)41-22-27-26(21-29(42-27)36-20-19-28(37)34-31(36)39)43-32(40)35-30(38)23-13-7-4-8-14-23/h4-20,26-27,29H,21-22H2,1-3H3,(H,34,37,39)(H,35,38,40)/t26-,27+,29+/m0/s1. The summed E-state index contributed by atoms with van der Waals surface area (Å²) in [5, 5.41) is 4.07. The van der Waals surface area contributed by atoms with Crippen LogP contribution in [0.2, 0.25) is 5.04 Å². The lowest BCUT2D eigenvalue weighted by Gasteiger charge is -2.43. The molecule has 1 aliphatic heterocycles. The lowest BCUT2D eigenvalue weighted by molar-refractivity contribution is -0.0450. The van der Waals surface area contributed by atoms with E-state index in [0.29, 0.717) is 5.56 Å². The maximum absolute atomic E-state index is 12.9. The monoisotopic (exact) mass is 613 g/mol. The Kier molecular flexibility index (Phi) is 9.09. The van der Waals surface area contributed by atoms with E-state index in [1.165, 1.54) is 16.8 Å². The van der Waals surface area contributed by atoms with Crippen molar-refractivity contribution in [1.29, 1.82) is 0 Å². The first kappa shape index (κ1) is 30.9. The quantitative estimate of drug-likeness (QED) is 0.292. The van der Waals surface area contributed by atoms with Gasteiger partial charge in [0.1, 0.15) is 18.4 Å². The normalized spacial score (nSPS) is 18.5. The number of H-pyrrole nitrogens is 1. The molecule has 5 rings (SSSR count). The zero-order valence-corrected chi connectivity index (χ0v) is 25.8. The molecule has 0 spiro atoms. The molecule has 0 unspecified atom stereocenters. The van der Waals surface area contributed by atoms with Gasteiger partial charge in [0.15, 0.2) is 0 Å². The Labute approximate surface area is 255 Å². The molecule has 3 aromatic carbocycles. The van der Waals surface area contributed by atoms with Gasteiger partial charge in [0.25, 0.3) is 19.8 Å². The highest BCUT2D eigenvalue weighted by Gasteiger charge is 2.51. The third kappa shape index (κ3) is 6.49. The summed E-state index contributed by atoms with van der Waals surface area (Å²) in [6, 6.07) is 29.7. The molecule has 0 aliphatic carbocycles. The number of imide groups is 1. The van der Waals surface area contributed by atoms with E-state index in [1.807, 2.05) is 36.4 Å². The molecule has 10 nitrogen and oxygen atoms in total. The van der Waals surface area contributed by atoms with E-state index in [0.717, 1.165) is 10.4 Å². The highest BCUT2D eigenvalue weighted by Crippen LogP contribution is 2.38. The molecule has 4 aromatic rings. The third-order valence-electron chi connectivity index (χ3n) is 7.73. The molecule has 1 aliphatic rings. The van der Waals surface area contributed by atoms with Crippen molar-refractivity contribution in [3.63, 3.8) is 0 Å². The second kappa shape index (κ2) is 13.0. The smallest absolute Gasteiger partial charge is 0.414 e. The number of carbonyl (C=O) groups is 2. The van der Waals surface area contributed by atoms with Crippen LogP contribution in [0.3, 0.4) is 0 Å². The lowest BCUT2D eigenvalue weighted by atomic mass is 10.2. The van der Waals surface area contributed by atoms with Gasteiger partial charge in [0, 0.05) is 24.2 Å². The Morgan fingerprint density at radius 1 is 0.909 bits per heavy atom. The molecule has 2 amide bonds. The van der Waals surface area contributed by atoms with Crippen LogP contribution in [0.25, 0.3) is 0 Å². The van der Waals surface area contributed by atoms with E-state index in [2.05, 4.69) is 55.3 Å². The first-order chi connectivity index (χ1) is 21.1. The minimum atomic E-state index is -2.98. The van der Waals surface area contributed by atoms with Gasteiger partial charge in [-0.05, 0) is 27.5 Å². The van der Waals surface area contributed by atoms with Gasteiger partial charge in [-0.25, -0.2) is 9.59 Å². The molecule has 228 valence electrons. The largest absolute Gasteiger partial charge is 0.443 e. The van der Waals surface area contributed by atoms with E-state index in [4.69, 9.17) is 13.9 Å². The maximum Gasteiger partial charge on any atom is 0.414 e. The SMILES string of the molecule is CC(C)(C)[Si](OC[C@H]1O[C@@H](n2ccc(=O)[nH]c2=O)C[C@@H]1OC(=O)NC(=O)c1ccccc1)(c1ccccc1)c1ccccc1. The van der Waals surface area contributed by atoms with Crippen LogP contribution in [0, 0.1) is 0 Å². The number of alkyl carbamates (subject to hydrolysis) is 1. The fourth-order valence-electron chi connectivity index (χ4n) is 5.69. The molecule has 2 N–H and O–H groups in total. The van der Waals surface area contributed by atoms with Crippen LogP contribution < -0.4 is 26.9 Å². The zero-order valence-electron chi connectivity index (χ0n) is 24.8. The van der Waals surface area contributed by atoms with E-state index < -0.39 is 50.0 Å². The van der Waals surface area contributed by atoms with Gasteiger partial charge in [-0.3, -0.25) is 24.5 Å². The highest BCUT2D eigenvalue weighted by atomic mass is 28.4. The number of benzene rings is 3. The Morgan fingerprint density at radius 3 is 2.02 bits per heavy atom. The Bertz CT molecular complexity index is 1660. The summed E-state index contributed by atoms with van der Waals surface area (Å²) < 4.78 is 20.3. The van der Waals surface area contributed by atoms with E-state index in [9.17, 15) is 19.2 Å². The fraction of sp³-hybridized carbons (Fsp3) is 0.273. The second-order valence-electron chi connectivity index (χ2n) is 11.6. The summed E-state index contributed by atoms with van der Waals surface area (Å²) in [5.74, 6) is -0.608. The van der Waals surface area contributed by atoms with Crippen molar-refractivity contribution in [1.82, 2.24) is 14.9 Å². The number of ether oxygens (including phenoxy) is 2. The summed E-state index contributed by atoms with van der Waals surface area (Å²) >= 11 is 0. The Balaban J connectivity index is 1.45. The molecule has 11 heteroatoms. The van der Waals surface area contributed by atoms with Gasteiger partial charge < -0.3 is 13.9 Å². The molecular weight excluding hydrogens is 578 g/mol. The minimum absolute atomic E-state index is 0.0342. The minimum Gasteiger partial charge on any atom is -0.443 e. The number of amides is 2. The van der Waals surface area contributed by atoms with Gasteiger partial charge in [-0.1, -0.05) is 99.6 Å². The van der Waals surface area contributed by atoms with E-state index >= 15 is 0 Å². The summed E-state index contributed by atoms with van der Waals surface area (Å²) in [4.78, 5) is 52.1. The molecule has 0 radical (unpaired) electrons. The number of nitrogens with one attached hydrogen (secondary N) is 2. The number of hydrogen-bond donors (Lipinski definition) is 2. The fourth-order valence-corrected chi connectivity index (χ4v) is 10.3. The molecule has 1 fully saturated rings. The average Bonchev–Trinajstić information content (AvgIpc) is 3.40. The number of nitrogens with zero attached hydrogens (tertiary/aromatic N) is 1. The third-order valence-corrected chi connectivity index (χ3v) is 12.7. The van der Waals surface area contributed by atoms with Gasteiger partial charge in [-0.15, -0.1) is 0 Å². The van der Waals surface area contributed by atoms with Gasteiger partial charge >= 0.3 is 11.8 Å². The van der Waals surface area contributed by atoms with Gasteiger partial charge in [0.05, 0.1) is 6.61 Å².